The molecule has 0 saturated heterocycles. The van der Waals surface area contributed by atoms with Crippen LogP contribution in [0.2, 0.25) is 0 Å². The van der Waals surface area contributed by atoms with Gasteiger partial charge in [0.15, 0.2) is 6.61 Å². The third kappa shape index (κ3) is 3.15. The summed E-state index contributed by atoms with van der Waals surface area (Å²) >= 11 is 1.21. The van der Waals surface area contributed by atoms with Crippen LogP contribution in [0.1, 0.15) is 5.89 Å². The molecule has 0 saturated carbocycles. The van der Waals surface area contributed by atoms with E-state index in [1.54, 1.807) is 0 Å². The number of hydrogen-bond acceptors (Lipinski definition) is 6. The Kier molecular flexibility index (Phi) is 4.03. The number of hydrogen-bond donors (Lipinski definition) is 0. The van der Waals surface area contributed by atoms with Gasteiger partial charge in [-0.15, -0.1) is 10.2 Å². The van der Waals surface area contributed by atoms with Gasteiger partial charge in [-0.2, -0.15) is 5.26 Å². The lowest BCUT2D eigenvalue weighted by atomic mass is 10.1. The summed E-state index contributed by atoms with van der Waals surface area (Å²) in [5.41, 5.74) is 0. The summed E-state index contributed by atoms with van der Waals surface area (Å²) in [6, 6.07) is 15.9. The van der Waals surface area contributed by atoms with Crippen molar-refractivity contribution in [1.29, 1.82) is 5.26 Å². The summed E-state index contributed by atoms with van der Waals surface area (Å²) in [5, 5.41) is 18.8. The number of aromatic nitrogens is 2. The molecule has 0 aliphatic carbocycles. The first-order valence-electron chi connectivity index (χ1n) is 6.29. The number of nitriles is 1. The smallest absolute Gasteiger partial charge is 0.277 e. The van der Waals surface area contributed by atoms with E-state index in [0.717, 1.165) is 16.5 Å². The predicted molar refractivity (Wildman–Crippen MR) is 78.9 cm³/mol. The van der Waals surface area contributed by atoms with E-state index < -0.39 is 0 Å². The molecule has 0 bridgehead atoms. The molecule has 0 fully saturated rings. The molecule has 1 aromatic heterocycles. The summed E-state index contributed by atoms with van der Waals surface area (Å²) in [7, 11) is 0. The number of fused-ring (bicyclic) bond motifs is 1. The van der Waals surface area contributed by atoms with Crippen LogP contribution in [0.4, 0.5) is 0 Å². The Morgan fingerprint density at radius 3 is 2.90 bits per heavy atom. The van der Waals surface area contributed by atoms with Gasteiger partial charge in [0.1, 0.15) is 5.75 Å². The van der Waals surface area contributed by atoms with Gasteiger partial charge in [-0.25, -0.2) is 0 Å². The van der Waals surface area contributed by atoms with Crippen molar-refractivity contribution in [1.82, 2.24) is 10.2 Å². The van der Waals surface area contributed by atoms with Gasteiger partial charge >= 0.3 is 0 Å². The molecule has 0 atom stereocenters. The highest BCUT2D eigenvalue weighted by Crippen LogP contribution is 2.26. The van der Waals surface area contributed by atoms with E-state index in [1.807, 2.05) is 48.5 Å². The highest BCUT2D eigenvalue weighted by atomic mass is 32.2. The standard InChI is InChI=1S/C15H11N3O2S/c16-8-9-21-15-18-17-14(20-15)10-19-13-7-3-5-11-4-1-2-6-12(11)13/h1-7H,9-10H2. The van der Waals surface area contributed by atoms with Crippen molar-refractivity contribution in [3.63, 3.8) is 0 Å². The van der Waals surface area contributed by atoms with Gasteiger partial charge in [0.2, 0.25) is 0 Å². The molecule has 0 amide bonds. The number of ether oxygens (including phenoxy) is 1. The summed E-state index contributed by atoms with van der Waals surface area (Å²) in [5.74, 6) is 1.45. The Morgan fingerprint density at radius 1 is 1.14 bits per heavy atom. The molecule has 1 heterocycles. The fourth-order valence-electron chi connectivity index (χ4n) is 1.91. The maximum atomic E-state index is 8.50. The van der Waals surface area contributed by atoms with Crippen LogP contribution >= 0.6 is 11.8 Å². The average molecular weight is 297 g/mol. The fourth-order valence-corrected chi connectivity index (χ4v) is 2.35. The Balaban J connectivity index is 1.72. The van der Waals surface area contributed by atoms with E-state index in [4.69, 9.17) is 14.4 Å². The summed E-state index contributed by atoms with van der Waals surface area (Å²) in [6.07, 6.45) is 0. The number of rotatable bonds is 5. The van der Waals surface area contributed by atoms with Gasteiger partial charge in [-0.05, 0) is 11.5 Å². The average Bonchev–Trinajstić information content (AvgIpc) is 2.99. The van der Waals surface area contributed by atoms with Gasteiger partial charge in [0, 0.05) is 5.39 Å². The first kappa shape index (κ1) is 13.5. The first-order valence-corrected chi connectivity index (χ1v) is 7.28. The van der Waals surface area contributed by atoms with Crippen LogP contribution in [0.15, 0.2) is 52.1 Å². The highest BCUT2D eigenvalue weighted by molar-refractivity contribution is 7.99. The van der Waals surface area contributed by atoms with Crippen molar-refractivity contribution in [2.45, 2.75) is 11.8 Å². The van der Waals surface area contributed by atoms with E-state index in [0.29, 0.717) is 11.1 Å². The number of benzene rings is 2. The van der Waals surface area contributed by atoms with Crippen molar-refractivity contribution in [3.05, 3.63) is 48.4 Å². The van der Waals surface area contributed by atoms with Crippen LogP contribution in [-0.4, -0.2) is 16.0 Å². The molecular formula is C15H11N3O2S. The second kappa shape index (κ2) is 6.29. The Bertz CT molecular complexity index is 789. The van der Waals surface area contributed by atoms with Gasteiger partial charge in [0.25, 0.3) is 11.1 Å². The molecule has 104 valence electrons. The monoisotopic (exact) mass is 297 g/mol. The molecule has 0 N–H and O–H groups in total. The lowest BCUT2D eigenvalue weighted by Crippen LogP contribution is -1.96. The predicted octanol–water partition coefficient (Wildman–Crippen LogP) is 3.42. The van der Waals surface area contributed by atoms with E-state index in [1.165, 1.54) is 11.8 Å². The molecule has 0 unspecified atom stereocenters. The maximum Gasteiger partial charge on any atom is 0.277 e. The van der Waals surface area contributed by atoms with E-state index in [9.17, 15) is 0 Å². The van der Waals surface area contributed by atoms with Gasteiger partial charge in [0.05, 0.1) is 11.8 Å². The van der Waals surface area contributed by atoms with Crippen molar-refractivity contribution in [3.8, 4) is 11.8 Å². The van der Waals surface area contributed by atoms with Crippen LogP contribution in [0.5, 0.6) is 5.75 Å². The van der Waals surface area contributed by atoms with Crippen LogP contribution < -0.4 is 4.74 Å². The van der Waals surface area contributed by atoms with E-state index in [2.05, 4.69) is 10.2 Å². The highest BCUT2D eigenvalue weighted by Gasteiger charge is 2.08. The molecule has 3 rings (SSSR count). The second-order valence-electron chi connectivity index (χ2n) is 4.17. The minimum absolute atomic E-state index is 0.203. The van der Waals surface area contributed by atoms with Gasteiger partial charge in [-0.1, -0.05) is 48.2 Å². The van der Waals surface area contributed by atoms with Crippen LogP contribution in [-0.2, 0) is 6.61 Å². The lowest BCUT2D eigenvalue weighted by Gasteiger charge is -2.06. The second-order valence-corrected chi connectivity index (χ2v) is 5.10. The molecule has 0 radical (unpaired) electrons. The summed E-state index contributed by atoms with van der Waals surface area (Å²) < 4.78 is 11.1. The molecule has 21 heavy (non-hydrogen) atoms. The maximum absolute atomic E-state index is 8.50. The zero-order valence-electron chi connectivity index (χ0n) is 11.0. The molecule has 0 aliphatic rings. The third-order valence-corrected chi connectivity index (χ3v) is 3.49. The zero-order chi connectivity index (χ0) is 14.5. The molecule has 2 aromatic carbocycles. The zero-order valence-corrected chi connectivity index (χ0v) is 11.8. The Labute approximate surface area is 125 Å². The lowest BCUT2D eigenvalue weighted by molar-refractivity contribution is 0.254. The number of nitrogens with zero attached hydrogens (tertiary/aromatic N) is 3. The van der Waals surface area contributed by atoms with Crippen LogP contribution in [0.25, 0.3) is 10.8 Å². The van der Waals surface area contributed by atoms with Crippen LogP contribution in [0.3, 0.4) is 0 Å². The molecule has 0 aliphatic heterocycles. The molecular weight excluding hydrogens is 286 g/mol. The number of thioether (sulfide) groups is 1. The topological polar surface area (TPSA) is 71.9 Å². The van der Waals surface area contributed by atoms with Crippen molar-refractivity contribution >= 4 is 22.5 Å². The summed E-state index contributed by atoms with van der Waals surface area (Å²) in [6.45, 7) is 0.203. The minimum Gasteiger partial charge on any atom is -0.483 e. The van der Waals surface area contributed by atoms with Gasteiger partial charge < -0.3 is 9.15 Å². The minimum atomic E-state index is 0.203. The Hall–Kier alpha value is -2.52. The molecule has 3 aromatic rings. The normalized spacial score (nSPS) is 10.4. The molecule has 5 nitrogen and oxygen atoms in total. The summed E-state index contributed by atoms with van der Waals surface area (Å²) in [4.78, 5) is 0. The third-order valence-electron chi connectivity index (χ3n) is 2.81. The van der Waals surface area contributed by atoms with Gasteiger partial charge in [-0.3, -0.25) is 0 Å². The molecule has 0 spiro atoms. The van der Waals surface area contributed by atoms with E-state index >= 15 is 0 Å². The quantitative estimate of drug-likeness (QED) is 0.672. The van der Waals surface area contributed by atoms with Crippen molar-refractivity contribution in [2.75, 3.05) is 5.75 Å². The largest absolute Gasteiger partial charge is 0.483 e. The van der Waals surface area contributed by atoms with E-state index in [-0.39, 0.29) is 12.4 Å². The molecule has 6 heteroatoms. The van der Waals surface area contributed by atoms with Crippen LogP contribution in [0, 0.1) is 11.3 Å². The first-order chi connectivity index (χ1) is 10.4. The SMILES string of the molecule is N#CCSc1nnc(COc2cccc3ccccc23)o1. The van der Waals surface area contributed by atoms with Crippen molar-refractivity contribution < 1.29 is 9.15 Å². The van der Waals surface area contributed by atoms with Crippen molar-refractivity contribution in [2.24, 2.45) is 0 Å². The fraction of sp³-hybridized carbons (Fsp3) is 0.133. The Morgan fingerprint density at radius 2 is 2.00 bits per heavy atom.